The predicted molar refractivity (Wildman–Crippen MR) is 73.7 cm³/mol. The van der Waals surface area contributed by atoms with E-state index in [1.807, 2.05) is 19.9 Å². The van der Waals surface area contributed by atoms with Crippen LogP contribution in [0.4, 0.5) is 21.7 Å². The number of nitrogens with zero attached hydrogens (tertiary/aromatic N) is 2. The number of benzene rings is 1. The first kappa shape index (κ1) is 13.2. The van der Waals surface area contributed by atoms with Crippen molar-refractivity contribution in [3.63, 3.8) is 0 Å². The van der Waals surface area contributed by atoms with Crippen LogP contribution in [0.1, 0.15) is 17.0 Å². The third kappa shape index (κ3) is 2.79. The van der Waals surface area contributed by atoms with Gasteiger partial charge in [-0.25, -0.2) is 20.2 Å². The van der Waals surface area contributed by atoms with E-state index in [9.17, 15) is 4.39 Å². The van der Waals surface area contributed by atoms with Crippen molar-refractivity contribution in [1.29, 1.82) is 0 Å². The summed E-state index contributed by atoms with van der Waals surface area (Å²) in [4.78, 5) is 8.40. The average Bonchev–Trinajstić information content (AvgIpc) is 2.36. The van der Waals surface area contributed by atoms with Crippen molar-refractivity contribution in [2.45, 2.75) is 20.8 Å². The van der Waals surface area contributed by atoms with E-state index in [4.69, 9.17) is 5.84 Å². The van der Waals surface area contributed by atoms with Gasteiger partial charge in [0.2, 0.25) is 0 Å². The predicted octanol–water partition coefficient (Wildman–Crippen LogP) is 2.57. The number of rotatable bonds is 3. The first-order chi connectivity index (χ1) is 9.01. The zero-order valence-corrected chi connectivity index (χ0v) is 11.1. The van der Waals surface area contributed by atoms with Gasteiger partial charge in [0, 0.05) is 5.56 Å². The van der Waals surface area contributed by atoms with Crippen LogP contribution < -0.4 is 16.6 Å². The van der Waals surface area contributed by atoms with Gasteiger partial charge in [0.25, 0.3) is 0 Å². The third-order valence-corrected chi connectivity index (χ3v) is 2.77. The topological polar surface area (TPSA) is 75.9 Å². The molecule has 2 rings (SSSR count). The van der Waals surface area contributed by atoms with E-state index in [0.717, 1.165) is 11.1 Å². The minimum atomic E-state index is -0.321. The molecule has 0 amide bonds. The van der Waals surface area contributed by atoms with E-state index in [2.05, 4.69) is 20.7 Å². The number of anilines is 3. The molecule has 5 nitrogen and oxygen atoms in total. The Balaban J connectivity index is 2.40. The molecule has 1 aromatic heterocycles. The lowest BCUT2D eigenvalue weighted by Crippen LogP contribution is -2.13. The summed E-state index contributed by atoms with van der Waals surface area (Å²) in [7, 11) is 0. The Labute approximate surface area is 111 Å². The highest BCUT2D eigenvalue weighted by atomic mass is 19.1. The molecule has 0 atom stereocenters. The van der Waals surface area contributed by atoms with E-state index >= 15 is 0 Å². The number of hydrogen-bond donors (Lipinski definition) is 3. The van der Waals surface area contributed by atoms with Crippen molar-refractivity contribution in [2.24, 2.45) is 5.84 Å². The van der Waals surface area contributed by atoms with Crippen LogP contribution in [-0.2, 0) is 0 Å². The monoisotopic (exact) mass is 261 g/mol. The number of nitrogens with two attached hydrogens (primary N) is 1. The van der Waals surface area contributed by atoms with Gasteiger partial charge in [0.1, 0.15) is 23.3 Å². The first-order valence-electron chi connectivity index (χ1n) is 5.86. The Morgan fingerprint density at radius 2 is 1.79 bits per heavy atom. The molecule has 6 heteroatoms. The van der Waals surface area contributed by atoms with Crippen LogP contribution in [-0.4, -0.2) is 9.97 Å². The zero-order chi connectivity index (χ0) is 14.0. The minimum absolute atomic E-state index is 0.321. The Kier molecular flexibility index (Phi) is 3.62. The number of halogens is 1. The number of nitrogen functional groups attached to an aromatic ring is 1. The smallest absolute Gasteiger partial charge is 0.148 e. The molecule has 0 spiro atoms. The fourth-order valence-corrected chi connectivity index (χ4v) is 1.74. The highest BCUT2D eigenvalue weighted by Crippen LogP contribution is 2.25. The molecule has 0 bridgehead atoms. The van der Waals surface area contributed by atoms with E-state index in [1.54, 1.807) is 13.0 Å². The van der Waals surface area contributed by atoms with Crippen LogP contribution in [0, 0.1) is 26.6 Å². The van der Waals surface area contributed by atoms with E-state index in [0.29, 0.717) is 23.1 Å². The van der Waals surface area contributed by atoms with Crippen LogP contribution >= 0.6 is 0 Å². The molecule has 1 heterocycles. The fourth-order valence-electron chi connectivity index (χ4n) is 1.74. The Hall–Kier alpha value is -2.21. The second-order valence-corrected chi connectivity index (χ2v) is 4.35. The van der Waals surface area contributed by atoms with Gasteiger partial charge in [0.15, 0.2) is 0 Å². The second-order valence-electron chi connectivity index (χ2n) is 4.35. The highest BCUT2D eigenvalue weighted by Gasteiger charge is 2.10. The van der Waals surface area contributed by atoms with Crippen LogP contribution in [0.15, 0.2) is 18.2 Å². The van der Waals surface area contributed by atoms with E-state index < -0.39 is 0 Å². The molecule has 0 saturated carbocycles. The van der Waals surface area contributed by atoms with Crippen molar-refractivity contribution < 1.29 is 4.39 Å². The van der Waals surface area contributed by atoms with Crippen molar-refractivity contribution >= 4 is 17.3 Å². The standard InChI is InChI=1S/C13H16FN5/c1-7-4-5-11(10(14)6-7)18-12-8(2)13(19-15)17-9(3)16-12/h4-6H,15H2,1-3H3,(H2,16,17,18,19). The van der Waals surface area contributed by atoms with Gasteiger partial charge in [-0.05, 0) is 38.5 Å². The summed E-state index contributed by atoms with van der Waals surface area (Å²) in [6.07, 6.45) is 0. The van der Waals surface area contributed by atoms with Gasteiger partial charge < -0.3 is 10.7 Å². The largest absolute Gasteiger partial charge is 0.337 e. The van der Waals surface area contributed by atoms with Crippen molar-refractivity contribution in [3.05, 3.63) is 41.0 Å². The normalized spacial score (nSPS) is 10.4. The Bertz CT molecular complexity index is 612. The lowest BCUT2D eigenvalue weighted by atomic mass is 10.2. The number of hydrogen-bond acceptors (Lipinski definition) is 5. The minimum Gasteiger partial charge on any atom is -0.337 e. The van der Waals surface area contributed by atoms with Crippen molar-refractivity contribution in [2.75, 3.05) is 10.7 Å². The van der Waals surface area contributed by atoms with Gasteiger partial charge in [-0.2, -0.15) is 0 Å². The molecule has 100 valence electrons. The lowest BCUT2D eigenvalue weighted by molar-refractivity contribution is 0.630. The molecular formula is C13H16FN5. The molecule has 19 heavy (non-hydrogen) atoms. The molecule has 0 saturated heterocycles. The molecule has 0 unspecified atom stereocenters. The molecule has 4 N–H and O–H groups in total. The average molecular weight is 261 g/mol. The maximum absolute atomic E-state index is 13.8. The summed E-state index contributed by atoms with van der Waals surface area (Å²) in [5.41, 5.74) is 4.46. The number of aromatic nitrogens is 2. The number of aryl methyl sites for hydroxylation is 2. The zero-order valence-electron chi connectivity index (χ0n) is 11.1. The summed E-state index contributed by atoms with van der Waals surface area (Å²) in [6, 6.07) is 4.97. The molecular weight excluding hydrogens is 245 g/mol. The SMILES string of the molecule is Cc1ccc(Nc2nc(C)nc(NN)c2C)c(F)c1. The molecule has 0 radical (unpaired) electrons. The summed E-state index contributed by atoms with van der Waals surface area (Å²) < 4.78 is 13.8. The lowest BCUT2D eigenvalue weighted by Gasteiger charge is -2.13. The quantitative estimate of drug-likeness (QED) is 0.585. The van der Waals surface area contributed by atoms with E-state index in [1.165, 1.54) is 6.07 Å². The second kappa shape index (κ2) is 5.19. The Morgan fingerprint density at radius 3 is 2.42 bits per heavy atom. The molecule has 1 aromatic carbocycles. The Morgan fingerprint density at radius 1 is 1.11 bits per heavy atom. The molecule has 0 aliphatic carbocycles. The van der Waals surface area contributed by atoms with Crippen LogP contribution in [0.5, 0.6) is 0 Å². The van der Waals surface area contributed by atoms with Crippen molar-refractivity contribution in [3.8, 4) is 0 Å². The number of hydrazine groups is 1. The summed E-state index contributed by atoms with van der Waals surface area (Å²) in [6.45, 7) is 5.39. The maximum Gasteiger partial charge on any atom is 0.148 e. The molecule has 2 aromatic rings. The summed E-state index contributed by atoms with van der Waals surface area (Å²) in [5.74, 6) is 6.66. The van der Waals surface area contributed by atoms with Crippen LogP contribution in [0.25, 0.3) is 0 Å². The van der Waals surface area contributed by atoms with Crippen molar-refractivity contribution in [1.82, 2.24) is 9.97 Å². The summed E-state index contributed by atoms with van der Waals surface area (Å²) in [5, 5.41) is 2.96. The number of nitrogens with one attached hydrogen (secondary N) is 2. The molecule has 0 aliphatic rings. The molecule has 0 aliphatic heterocycles. The fraction of sp³-hybridized carbons (Fsp3) is 0.231. The maximum atomic E-state index is 13.8. The first-order valence-corrected chi connectivity index (χ1v) is 5.86. The van der Waals surface area contributed by atoms with Gasteiger partial charge in [-0.1, -0.05) is 6.07 Å². The van der Waals surface area contributed by atoms with Crippen LogP contribution in [0.2, 0.25) is 0 Å². The van der Waals surface area contributed by atoms with Gasteiger partial charge in [0.05, 0.1) is 5.69 Å². The highest BCUT2D eigenvalue weighted by molar-refractivity contribution is 5.65. The van der Waals surface area contributed by atoms with Gasteiger partial charge in [-0.15, -0.1) is 0 Å². The third-order valence-electron chi connectivity index (χ3n) is 2.77. The molecule has 0 fully saturated rings. The van der Waals surface area contributed by atoms with Crippen LogP contribution in [0.3, 0.4) is 0 Å². The summed E-state index contributed by atoms with van der Waals surface area (Å²) >= 11 is 0. The van der Waals surface area contributed by atoms with Gasteiger partial charge in [-0.3, -0.25) is 0 Å². The van der Waals surface area contributed by atoms with Gasteiger partial charge >= 0.3 is 0 Å². The van der Waals surface area contributed by atoms with E-state index in [-0.39, 0.29) is 5.82 Å².